The Labute approximate surface area is 177 Å². The van der Waals surface area contributed by atoms with Crippen LogP contribution in [0, 0.1) is 0 Å². The largest absolute Gasteiger partial charge is 0.475 e. The Morgan fingerprint density at radius 1 is 1.06 bits per heavy atom. The third kappa shape index (κ3) is 4.83. The number of aromatic nitrogens is 2. The van der Waals surface area contributed by atoms with Crippen molar-refractivity contribution in [3.8, 4) is 5.88 Å². The van der Waals surface area contributed by atoms with Gasteiger partial charge in [0.1, 0.15) is 18.1 Å². The Bertz CT molecular complexity index is 1070. The Kier molecular flexibility index (Phi) is 6.26. The number of hydrogen-bond donors (Lipinski definition) is 2. The highest BCUT2D eigenvalue weighted by molar-refractivity contribution is 6.11. The van der Waals surface area contributed by atoms with Crippen LogP contribution < -0.4 is 16.2 Å². The molecule has 6 nitrogen and oxygen atoms in total. The molecule has 2 heterocycles. The first kappa shape index (κ1) is 22.2. The molecule has 0 spiro atoms. The van der Waals surface area contributed by atoms with Crippen LogP contribution in [-0.2, 0) is 11.7 Å². The molecular weight excluding hydrogens is 409 g/mol. The summed E-state index contributed by atoms with van der Waals surface area (Å²) < 4.78 is 46.2. The van der Waals surface area contributed by atoms with Gasteiger partial charge in [-0.15, -0.1) is 0 Å². The van der Waals surface area contributed by atoms with E-state index >= 15 is 0 Å². The van der Waals surface area contributed by atoms with Gasteiger partial charge in [-0.3, -0.25) is 4.79 Å². The molecule has 1 unspecified atom stereocenters. The average Bonchev–Trinajstić information content (AvgIpc) is 2.77. The summed E-state index contributed by atoms with van der Waals surface area (Å²) in [7, 11) is 0. The lowest BCUT2D eigenvalue weighted by atomic mass is 9.89. The number of halogens is 3. The lowest BCUT2D eigenvalue weighted by molar-refractivity contribution is -0.138. The first-order chi connectivity index (χ1) is 14.7. The van der Waals surface area contributed by atoms with Gasteiger partial charge in [0.05, 0.1) is 16.7 Å². The second-order valence-electron chi connectivity index (χ2n) is 6.97. The number of benzene rings is 1. The molecule has 3 rings (SSSR count). The van der Waals surface area contributed by atoms with Crippen molar-refractivity contribution in [1.29, 1.82) is 0 Å². The molecule has 3 aromatic rings. The van der Waals surface area contributed by atoms with Crippen molar-refractivity contribution in [2.75, 3.05) is 12.3 Å². The van der Waals surface area contributed by atoms with Gasteiger partial charge in [0.15, 0.2) is 0 Å². The van der Waals surface area contributed by atoms with Crippen LogP contribution in [0.15, 0.2) is 60.8 Å². The lowest BCUT2D eigenvalue weighted by Crippen LogP contribution is -2.42. The maximum atomic E-state index is 13.5. The molecule has 0 radical (unpaired) electrons. The fraction of sp³-hybridized carbons (Fsp3) is 0.227. The van der Waals surface area contributed by atoms with Crippen LogP contribution in [0.1, 0.15) is 40.5 Å². The number of hydrogen-bond acceptors (Lipinski definition) is 6. The average molecular weight is 430 g/mol. The fourth-order valence-electron chi connectivity index (χ4n) is 3.02. The second-order valence-corrected chi connectivity index (χ2v) is 6.97. The standard InChI is InChI=1S/C22H21F3N4O2/c1-2-21(27,14-7-4-3-5-8-14)13-31-17-11-10-16(22(23,24)25)18(29-17)19(30)15-9-6-12-28-20(15)26/h3-12H,2,13,27H2,1H3,(H2,26,28). The number of carbonyl (C=O) groups is 1. The van der Waals surface area contributed by atoms with Crippen LogP contribution in [0.5, 0.6) is 5.88 Å². The highest BCUT2D eigenvalue weighted by atomic mass is 19.4. The molecule has 2 aromatic heterocycles. The zero-order valence-electron chi connectivity index (χ0n) is 16.7. The van der Waals surface area contributed by atoms with Crippen molar-refractivity contribution < 1.29 is 22.7 Å². The first-order valence-corrected chi connectivity index (χ1v) is 9.46. The minimum Gasteiger partial charge on any atom is -0.475 e. The third-order valence-electron chi connectivity index (χ3n) is 4.93. The summed E-state index contributed by atoms with van der Waals surface area (Å²) >= 11 is 0. The van der Waals surface area contributed by atoms with Crippen molar-refractivity contribution in [2.24, 2.45) is 5.73 Å². The van der Waals surface area contributed by atoms with Gasteiger partial charge < -0.3 is 16.2 Å². The number of pyridine rings is 2. The minimum absolute atomic E-state index is 0.0471. The summed E-state index contributed by atoms with van der Waals surface area (Å²) in [5.41, 5.74) is 9.86. The molecule has 162 valence electrons. The summed E-state index contributed by atoms with van der Waals surface area (Å²) in [6.45, 7) is 1.82. The molecule has 1 aromatic carbocycles. The monoisotopic (exact) mass is 430 g/mol. The quantitative estimate of drug-likeness (QED) is 0.550. The van der Waals surface area contributed by atoms with Gasteiger partial charge in [0, 0.05) is 12.3 Å². The summed E-state index contributed by atoms with van der Waals surface area (Å²) in [5.74, 6) is -1.34. The molecule has 31 heavy (non-hydrogen) atoms. The maximum Gasteiger partial charge on any atom is 0.418 e. The summed E-state index contributed by atoms with van der Waals surface area (Å²) in [6.07, 6.45) is -2.95. The second kappa shape index (κ2) is 8.73. The number of rotatable bonds is 7. The third-order valence-corrected chi connectivity index (χ3v) is 4.93. The molecule has 0 aliphatic rings. The Hall–Kier alpha value is -3.46. The predicted molar refractivity (Wildman–Crippen MR) is 109 cm³/mol. The van der Waals surface area contributed by atoms with Crippen LogP contribution >= 0.6 is 0 Å². The van der Waals surface area contributed by atoms with Crippen molar-refractivity contribution in [3.05, 3.63) is 83.2 Å². The normalized spacial score (nSPS) is 13.5. The van der Waals surface area contributed by atoms with Gasteiger partial charge in [-0.25, -0.2) is 9.97 Å². The minimum atomic E-state index is -4.79. The summed E-state index contributed by atoms with van der Waals surface area (Å²) in [6, 6.07) is 13.7. The molecule has 0 fully saturated rings. The number of anilines is 1. The SMILES string of the molecule is CCC(N)(COc1ccc(C(F)(F)F)c(C(=O)c2cccnc2N)n1)c1ccccc1. The topological polar surface area (TPSA) is 104 Å². The molecule has 0 aliphatic carbocycles. The van der Waals surface area contributed by atoms with E-state index in [0.717, 1.165) is 17.7 Å². The van der Waals surface area contributed by atoms with Crippen LogP contribution in [0.25, 0.3) is 0 Å². The van der Waals surface area contributed by atoms with E-state index in [-0.39, 0.29) is 23.9 Å². The van der Waals surface area contributed by atoms with Crippen molar-refractivity contribution >= 4 is 11.6 Å². The zero-order valence-corrected chi connectivity index (χ0v) is 16.7. The molecule has 0 aliphatic heterocycles. The van der Waals surface area contributed by atoms with Gasteiger partial charge in [0.25, 0.3) is 0 Å². The molecule has 0 amide bonds. The van der Waals surface area contributed by atoms with E-state index in [4.69, 9.17) is 16.2 Å². The van der Waals surface area contributed by atoms with Crippen molar-refractivity contribution in [3.63, 3.8) is 0 Å². The van der Waals surface area contributed by atoms with Gasteiger partial charge in [-0.05, 0) is 30.2 Å². The van der Waals surface area contributed by atoms with E-state index in [9.17, 15) is 18.0 Å². The smallest absolute Gasteiger partial charge is 0.418 e. The van der Waals surface area contributed by atoms with Crippen molar-refractivity contribution in [1.82, 2.24) is 9.97 Å². The van der Waals surface area contributed by atoms with Crippen molar-refractivity contribution in [2.45, 2.75) is 25.1 Å². The number of nitrogens with two attached hydrogens (primary N) is 2. The number of nitrogens with zero attached hydrogens (tertiary/aromatic N) is 2. The van der Waals surface area contributed by atoms with E-state index < -0.39 is 28.8 Å². The molecule has 4 N–H and O–H groups in total. The number of alkyl halides is 3. The molecule has 9 heteroatoms. The highest BCUT2D eigenvalue weighted by Crippen LogP contribution is 2.34. The van der Waals surface area contributed by atoms with E-state index in [1.54, 1.807) is 0 Å². The molecule has 0 saturated carbocycles. The molecule has 1 atom stereocenters. The number of ether oxygens (including phenoxy) is 1. The summed E-state index contributed by atoms with van der Waals surface area (Å²) in [5, 5.41) is 0. The first-order valence-electron chi connectivity index (χ1n) is 9.46. The van der Waals surface area contributed by atoms with Gasteiger partial charge in [-0.2, -0.15) is 13.2 Å². The predicted octanol–water partition coefficient (Wildman–Crippen LogP) is 3.95. The Morgan fingerprint density at radius 3 is 2.39 bits per heavy atom. The summed E-state index contributed by atoms with van der Waals surface area (Å²) in [4.78, 5) is 20.4. The van der Waals surface area contributed by atoms with E-state index in [1.807, 2.05) is 37.3 Å². The van der Waals surface area contributed by atoms with Crippen LogP contribution in [0.2, 0.25) is 0 Å². The molecule has 0 bridgehead atoms. The Balaban J connectivity index is 1.95. The number of carbonyl (C=O) groups excluding carboxylic acids is 1. The van der Waals surface area contributed by atoms with Gasteiger partial charge in [0.2, 0.25) is 11.7 Å². The Morgan fingerprint density at radius 2 is 1.77 bits per heavy atom. The van der Waals surface area contributed by atoms with Crippen LogP contribution in [0.3, 0.4) is 0 Å². The van der Waals surface area contributed by atoms with E-state index in [0.29, 0.717) is 6.42 Å². The van der Waals surface area contributed by atoms with Gasteiger partial charge >= 0.3 is 6.18 Å². The van der Waals surface area contributed by atoms with E-state index in [2.05, 4.69) is 9.97 Å². The lowest BCUT2D eigenvalue weighted by Gasteiger charge is -2.28. The highest BCUT2D eigenvalue weighted by Gasteiger charge is 2.37. The fourth-order valence-corrected chi connectivity index (χ4v) is 3.02. The zero-order chi connectivity index (χ0) is 22.6. The molecule has 0 saturated heterocycles. The van der Waals surface area contributed by atoms with Crippen LogP contribution in [-0.4, -0.2) is 22.4 Å². The van der Waals surface area contributed by atoms with E-state index in [1.165, 1.54) is 18.3 Å². The van der Waals surface area contributed by atoms with Gasteiger partial charge in [-0.1, -0.05) is 37.3 Å². The van der Waals surface area contributed by atoms with Crippen LogP contribution in [0.4, 0.5) is 19.0 Å². The molecular formula is C22H21F3N4O2. The number of nitrogen functional groups attached to an aromatic ring is 1. The maximum absolute atomic E-state index is 13.5. The number of ketones is 1.